The van der Waals surface area contributed by atoms with Crippen LogP contribution >= 0.6 is 27.5 Å². The number of hydrogen-bond donors (Lipinski definition) is 1. The van der Waals surface area contributed by atoms with Crippen LogP contribution in [0.3, 0.4) is 0 Å². The largest absolute Gasteiger partial charge is 0.306 e. The highest BCUT2D eigenvalue weighted by atomic mass is 79.9. The van der Waals surface area contributed by atoms with E-state index in [1.165, 1.54) is 0 Å². The van der Waals surface area contributed by atoms with Crippen LogP contribution in [0.1, 0.15) is 21.6 Å². The lowest BCUT2D eigenvalue weighted by Gasteiger charge is -2.12. The lowest BCUT2D eigenvalue weighted by Crippen LogP contribution is -2.17. The number of fused-ring (bicyclic) bond motifs is 1. The van der Waals surface area contributed by atoms with E-state index in [0.29, 0.717) is 26.6 Å². The Kier molecular flexibility index (Phi) is 4.57. The molecule has 0 atom stereocenters. The molecule has 0 unspecified atom stereocenters. The quantitative estimate of drug-likeness (QED) is 0.633. The van der Waals surface area contributed by atoms with Crippen LogP contribution in [0.25, 0.3) is 5.69 Å². The van der Waals surface area contributed by atoms with Gasteiger partial charge in [-0.25, -0.2) is 13.1 Å². The minimum absolute atomic E-state index is 0.136. The molecule has 0 spiro atoms. The van der Waals surface area contributed by atoms with Gasteiger partial charge in [-0.3, -0.25) is 4.79 Å². The second-order valence-corrected chi connectivity index (χ2v) is 9.52. The van der Waals surface area contributed by atoms with Gasteiger partial charge in [0.15, 0.2) is 9.84 Å². The summed E-state index contributed by atoms with van der Waals surface area (Å²) in [7, 11) is -3.26. The van der Waals surface area contributed by atoms with Crippen molar-refractivity contribution in [2.75, 3.05) is 5.32 Å². The van der Waals surface area contributed by atoms with Crippen molar-refractivity contribution >= 4 is 49.1 Å². The van der Waals surface area contributed by atoms with E-state index in [4.69, 9.17) is 11.6 Å². The van der Waals surface area contributed by atoms with Gasteiger partial charge in [0.1, 0.15) is 5.82 Å². The van der Waals surface area contributed by atoms with Gasteiger partial charge in [0.2, 0.25) is 0 Å². The molecule has 1 aromatic heterocycles. The number of anilines is 1. The third kappa shape index (κ3) is 3.52. The zero-order valence-corrected chi connectivity index (χ0v) is 17.0. The predicted octanol–water partition coefficient (Wildman–Crippen LogP) is 3.97. The maximum atomic E-state index is 12.8. The van der Waals surface area contributed by atoms with Crippen LogP contribution in [-0.4, -0.2) is 24.1 Å². The van der Waals surface area contributed by atoms with Gasteiger partial charge in [-0.05, 0) is 30.3 Å². The third-order valence-electron chi connectivity index (χ3n) is 4.19. The number of aromatic nitrogens is 2. The zero-order chi connectivity index (χ0) is 19.2. The Hall–Kier alpha value is -2.16. The number of para-hydroxylation sites is 1. The summed E-state index contributed by atoms with van der Waals surface area (Å²) in [6, 6.07) is 14.2. The van der Waals surface area contributed by atoms with Crippen LogP contribution in [0.2, 0.25) is 5.02 Å². The van der Waals surface area contributed by atoms with Crippen LogP contribution in [-0.2, 0) is 21.3 Å². The van der Waals surface area contributed by atoms with E-state index in [1.54, 1.807) is 22.9 Å². The maximum Gasteiger partial charge on any atom is 0.258 e. The van der Waals surface area contributed by atoms with Gasteiger partial charge in [-0.15, -0.1) is 0 Å². The van der Waals surface area contributed by atoms with Crippen molar-refractivity contribution in [1.29, 1.82) is 0 Å². The monoisotopic (exact) mass is 465 g/mol. The van der Waals surface area contributed by atoms with Crippen LogP contribution in [0.4, 0.5) is 5.82 Å². The van der Waals surface area contributed by atoms with Crippen molar-refractivity contribution < 1.29 is 13.2 Å². The van der Waals surface area contributed by atoms with E-state index in [0.717, 1.165) is 5.69 Å². The molecule has 138 valence electrons. The molecular weight excluding hydrogens is 454 g/mol. The molecule has 3 aromatic rings. The lowest BCUT2D eigenvalue weighted by molar-refractivity contribution is 0.102. The van der Waals surface area contributed by atoms with Crippen molar-refractivity contribution in [2.45, 2.75) is 11.5 Å². The van der Waals surface area contributed by atoms with Gasteiger partial charge in [-0.1, -0.05) is 45.7 Å². The summed E-state index contributed by atoms with van der Waals surface area (Å²) in [5.41, 5.74) is 1.97. The average Bonchev–Trinajstić information content (AvgIpc) is 3.10. The normalized spacial score (nSPS) is 14.7. The molecule has 27 heavy (non-hydrogen) atoms. The molecule has 6 nitrogen and oxygen atoms in total. The van der Waals surface area contributed by atoms with Crippen LogP contribution in [0.15, 0.2) is 53.0 Å². The van der Waals surface area contributed by atoms with Gasteiger partial charge in [0, 0.05) is 10.0 Å². The van der Waals surface area contributed by atoms with Crippen molar-refractivity contribution in [3.8, 4) is 5.69 Å². The molecule has 2 heterocycles. The average molecular weight is 467 g/mol. The maximum absolute atomic E-state index is 12.8. The van der Waals surface area contributed by atoms with Crippen LogP contribution in [0.5, 0.6) is 0 Å². The standard InChI is InChI=1S/C18H13BrClN3O3S/c19-11-6-7-15(20)13(8-11)18(24)21-17-14-9-27(25,26)10-16(14)22-23(17)12-4-2-1-3-5-12/h1-8H,9-10H2,(H,21,24). The molecule has 1 amide bonds. The topological polar surface area (TPSA) is 81.1 Å². The number of nitrogens with one attached hydrogen (secondary N) is 1. The number of carbonyl (C=O) groups excluding carboxylic acids is 1. The first-order valence-electron chi connectivity index (χ1n) is 7.97. The molecule has 0 aliphatic carbocycles. The van der Waals surface area contributed by atoms with Crippen molar-refractivity contribution in [3.63, 3.8) is 0 Å². The Labute approximate surface area is 169 Å². The summed E-state index contributed by atoms with van der Waals surface area (Å²) in [4.78, 5) is 12.8. The summed E-state index contributed by atoms with van der Waals surface area (Å²) in [5.74, 6) is -0.386. The van der Waals surface area contributed by atoms with Gasteiger partial charge in [0.05, 0.1) is 33.5 Å². The minimum atomic E-state index is -3.26. The van der Waals surface area contributed by atoms with Gasteiger partial charge in [-0.2, -0.15) is 5.10 Å². The van der Waals surface area contributed by atoms with Gasteiger partial charge < -0.3 is 5.32 Å². The highest BCUT2D eigenvalue weighted by molar-refractivity contribution is 9.10. The molecule has 1 aliphatic rings. The smallest absolute Gasteiger partial charge is 0.258 e. The fourth-order valence-electron chi connectivity index (χ4n) is 2.97. The molecule has 0 fully saturated rings. The van der Waals surface area contributed by atoms with Gasteiger partial charge in [0.25, 0.3) is 5.91 Å². The highest BCUT2D eigenvalue weighted by Crippen LogP contribution is 2.33. The molecule has 9 heteroatoms. The zero-order valence-electron chi connectivity index (χ0n) is 13.8. The SMILES string of the molecule is O=C(Nc1c2c(nn1-c1ccccc1)CS(=O)(=O)C2)c1cc(Br)ccc1Cl. The Morgan fingerprint density at radius 3 is 2.63 bits per heavy atom. The number of carbonyl (C=O) groups is 1. The first-order valence-corrected chi connectivity index (χ1v) is 11.0. The van der Waals surface area contributed by atoms with E-state index in [-0.39, 0.29) is 17.1 Å². The summed E-state index contributed by atoms with van der Waals surface area (Å²) < 4.78 is 26.3. The predicted molar refractivity (Wildman–Crippen MR) is 107 cm³/mol. The number of benzene rings is 2. The van der Waals surface area contributed by atoms with E-state index >= 15 is 0 Å². The fraction of sp³-hybridized carbons (Fsp3) is 0.111. The second-order valence-electron chi connectivity index (χ2n) is 6.13. The molecule has 0 saturated carbocycles. The molecule has 2 aromatic carbocycles. The fourth-order valence-corrected chi connectivity index (χ4v) is 5.03. The molecule has 0 bridgehead atoms. The number of amides is 1. The Morgan fingerprint density at radius 1 is 1.15 bits per heavy atom. The number of rotatable bonds is 3. The van der Waals surface area contributed by atoms with Crippen molar-refractivity contribution in [1.82, 2.24) is 9.78 Å². The first-order chi connectivity index (χ1) is 12.8. The van der Waals surface area contributed by atoms with E-state index in [9.17, 15) is 13.2 Å². The Balaban J connectivity index is 1.80. The summed E-state index contributed by atoms with van der Waals surface area (Å²) in [6.45, 7) is 0. The van der Waals surface area contributed by atoms with Crippen LogP contribution < -0.4 is 5.32 Å². The van der Waals surface area contributed by atoms with Gasteiger partial charge >= 0.3 is 0 Å². The van der Waals surface area contributed by atoms with E-state index in [1.807, 2.05) is 30.3 Å². The van der Waals surface area contributed by atoms with E-state index < -0.39 is 15.7 Å². The molecule has 4 rings (SSSR count). The summed E-state index contributed by atoms with van der Waals surface area (Å²) in [5, 5.41) is 7.52. The van der Waals surface area contributed by atoms with Crippen molar-refractivity contribution in [3.05, 3.63) is 74.8 Å². The van der Waals surface area contributed by atoms with Crippen LogP contribution in [0, 0.1) is 0 Å². The Bertz CT molecular complexity index is 1160. The number of hydrogen-bond acceptors (Lipinski definition) is 4. The Morgan fingerprint density at radius 2 is 1.89 bits per heavy atom. The van der Waals surface area contributed by atoms with Crippen molar-refractivity contribution in [2.24, 2.45) is 0 Å². The molecule has 1 aliphatic heterocycles. The molecule has 0 radical (unpaired) electrons. The minimum Gasteiger partial charge on any atom is -0.306 e. The summed E-state index contributed by atoms with van der Waals surface area (Å²) >= 11 is 9.47. The second kappa shape index (κ2) is 6.78. The molecule has 0 saturated heterocycles. The number of nitrogens with zero attached hydrogens (tertiary/aromatic N) is 2. The molecule has 1 N–H and O–H groups in total. The molecular formula is C18H13BrClN3O3S. The lowest BCUT2D eigenvalue weighted by atomic mass is 10.2. The number of halogens is 2. The number of sulfone groups is 1. The third-order valence-corrected chi connectivity index (χ3v) is 6.46. The highest BCUT2D eigenvalue weighted by Gasteiger charge is 2.33. The summed E-state index contributed by atoms with van der Waals surface area (Å²) in [6.07, 6.45) is 0. The van der Waals surface area contributed by atoms with E-state index in [2.05, 4.69) is 26.3 Å². The first kappa shape index (κ1) is 18.2.